The first-order chi connectivity index (χ1) is 4.52. The molecule has 1 aromatic rings. The lowest BCUT2D eigenvalue weighted by atomic mass is 10.3. The molecule has 0 aromatic carbocycles. The smallest absolute Gasteiger partial charge is 0.364 e. The number of hydrogen-bond acceptors (Lipinski definition) is 2. The number of hydrogen-bond donors (Lipinski definition) is 0. The molecular formula is C5H4F3NO. The molecule has 0 aliphatic carbocycles. The van der Waals surface area contributed by atoms with Gasteiger partial charge in [-0.15, -0.1) is 0 Å². The van der Waals surface area contributed by atoms with E-state index in [9.17, 15) is 13.2 Å². The Morgan fingerprint density at radius 1 is 1.50 bits per heavy atom. The largest absolute Gasteiger partial charge is 0.421 e. The third-order valence-electron chi connectivity index (χ3n) is 1.06. The fourth-order valence-corrected chi connectivity index (χ4v) is 0.565. The second-order valence-electron chi connectivity index (χ2n) is 1.81. The molecule has 5 heteroatoms. The van der Waals surface area contributed by atoms with Crippen molar-refractivity contribution in [2.24, 2.45) is 0 Å². The zero-order chi connectivity index (χ0) is 7.78. The third-order valence-corrected chi connectivity index (χ3v) is 1.06. The van der Waals surface area contributed by atoms with Crippen LogP contribution in [0.25, 0.3) is 0 Å². The Morgan fingerprint density at radius 3 is 2.30 bits per heavy atom. The van der Waals surface area contributed by atoms with E-state index in [0.717, 1.165) is 0 Å². The normalized spacial score (nSPS) is 12.0. The van der Waals surface area contributed by atoms with Gasteiger partial charge >= 0.3 is 6.18 Å². The lowest BCUT2D eigenvalue weighted by Gasteiger charge is -2.00. The summed E-state index contributed by atoms with van der Waals surface area (Å²) in [7, 11) is 0. The lowest BCUT2D eigenvalue weighted by Crippen LogP contribution is -2.04. The van der Waals surface area contributed by atoms with Crippen molar-refractivity contribution in [3.63, 3.8) is 0 Å². The van der Waals surface area contributed by atoms with Crippen molar-refractivity contribution in [2.75, 3.05) is 0 Å². The highest BCUT2D eigenvalue weighted by atomic mass is 19.4. The minimum absolute atomic E-state index is 0.132. The molecule has 0 radical (unpaired) electrons. The first-order valence-corrected chi connectivity index (χ1v) is 2.50. The summed E-state index contributed by atoms with van der Waals surface area (Å²) in [6.07, 6.45) is -3.75. The number of rotatable bonds is 0. The van der Waals surface area contributed by atoms with Gasteiger partial charge in [0.1, 0.15) is 11.8 Å². The van der Waals surface area contributed by atoms with Crippen molar-refractivity contribution < 1.29 is 17.7 Å². The highest BCUT2D eigenvalue weighted by Crippen LogP contribution is 2.30. The minimum atomic E-state index is -4.34. The molecule has 0 saturated heterocycles. The van der Waals surface area contributed by atoms with E-state index in [1.54, 1.807) is 0 Å². The van der Waals surface area contributed by atoms with E-state index in [2.05, 4.69) is 9.68 Å². The van der Waals surface area contributed by atoms with Crippen molar-refractivity contribution >= 4 is 0 Å². The lowest BCUT2D eigenvalue weighted by molar-refractivity contribution is -0.138. The van der Waals surface area contributed by atoms with E-state index in [0.29, 0.717) is 6.26 Å². The van der Waals surface area contributed by atoms with Gasteiger partial charge in [0, 0.05) is 0 Å². The molecular weight excluding hydrogens is 147 g/mol. The predicted octanol–water partition coefficient (Wildman–Crippen LogP) is 2.00. The molecule has 0 fully saturated rings. The molecule has 0 bridgehead atoms. The minimum Gasteiger partial charge on any atom is -0.364 e. The van der Waals surface area contributed by atoms with Crippen LogP contribution in [-0.4, -0.2) is 5.16 Å². The van der Waals surface area contributed by atoms with Gasteiger partial charge in [-0.3, -0.25) is 0 Å². The van der Waals surface area contributed by atoms with E-state index in [1.165, 1.54) is 6.92 Å². The van der Waals surface area contributed by atoms with E-state index < -0.39 is 11.7 Å². The Hall–Kier alpha value is -1.00. The van der Waals surface area contributed by atoms with Crippen LogP contribution < -0.4 is 0 Å². The molecule has 10 heavy (non-hydrogen) atoms. The van der Waals surface area contributed by atoms with Crippen molar-refractivity contribution in [2.45, 2.75) is 13.1 Å². The molecule has 1 heterocycles. The summed E-state index contributed by atoms with van der Waals surface area (Å²) >= 11 is 0. The number of nitrogens with zero attached hydrogens (tertiary/aromatic N) is 1. The maximum absolute atomic E-state index is 11.8. The third kappa shape index (κ3) is 1.12. The molecule has 0 spiro atoms. The zero-order valence-corrected chi connectivity index (χ0v) is 5.07. The first kappa shape index (κ1) is 7.11. The average molecular weight is 151 g/mol. The van der Waals surface area contributed by atoms with Gasteiger partial charge in [0.05, 0.1) is 5.69 Å². The maximum Gasteiger partial charge on any atom is 0.421 e. The molecule has 0 N–H and O–H groups in total. The van der Waals surface area contributed by atoms with E-state index in [1.807, 2.05) is 0 Å². The van der Waals surface area contributed by atoms with Crippen LogP contribution in [0, 0.1) is 6.92 Å². The van der Waals surface area contributed by atoms with Crippen molar-refractivity contribution in [1.29, 1.82) is 0 Å². The van der Waals surface area contributed by atoms with Gasteiger partial charge in [0.15, 0.2) is 0 Å². The SMILES string of the molecule is Cc1nocc1C(F)(F)F. The van der Waals surface area contributed by atoms with E-state index in [-0.39, 0.29) is 5.69 Å². The van der Waals surface area contributed by atoms with Gasteiger partial charge < -0.3 is 4.52 Å². The molecule has 0 amide bonds. The summed E-state index contributed by atoms with van der Waals surface area (Å²) in [5.74, 6) is 0. The van der Waals surface area contributed by atoms with Crippen LogP contribution in [0.5, 0.6) is 0 Å². The second-order valence-corrected chi connectivity index (χ2v) is 1.81. The van der Waals surface area contributed by atoms with Gasteiger partial charge in [-0.1, -0.05) is 5.16 Å². The molecule has 0 unspecified atom stereocenters. The summed E-state index contributed by atoms with van der Waals surface area (Å²) < 4.78 is 39.4. The zero-order valence-electron chi connectivity index (χ0n) is 5.07. The Bertz CT molecular complexity index is 227. The van der Waals surface area contributed by atoms with Crippen LogP contribution in [0.3, 0.4) is 0 Å². The first-order valence-electron chi connectivity index (χ1n) is 2.50. The molecule has 1 aromatic heterocycles. The highest BCUT2D eigenvalue weighted by molar-refractivity contribution is 5.15. The molecule has 0 aliphatic heterocycles. The summed E-state index contributed by atoms with van der Waals surface area (Å²) in [5, 5.41) is 3.09. The molecule has 1 rings (SSSR count). The van der Waals surface area contributed by atoms with E-state index in [4.69, 9.17) is 0 Å². The fraction of sp³-hybridized carbons (Fsp3) is 0.400. The second kappa shape index (κ2) is 2.00. The molecule has 56 valence electrons. The number of aromatic nitrogens is 1. The monoisotopic (exact) mass is 151 g/mol. The fourth-order valence-electron chi connectivity index (χ4n) is 0.565. The van der Waals surface area contributed by atoms with Gasteiger partial charge in [-0.25, -0.2) is 0 Å². The Labute approximate surface area is 54.6 Å². The van der Waals surface area contributed by atoms with Crippen molar-refractivity contribution in [1.82, 2.24) is 5.16 Å². The summed E-state index contributed by atoms with van der Waals surface area (Å²) in [6, 6.07) is 0. The van der Waals surface area contributed by atoms with Crippen molar-refractivity contribution in [3.8, 4) is 0 Å². The number of aryl methyl sites for hydroxylation is 1. The van der Waals surface area contributed by atoms with Crippen LogP contribution in [0.15, 0.2) is 10.8 Å². The van der Waals surface area contributed by atoms with Crippen LogP contribution >= 0.6 is 0 Å². The average Bonchev–Trinajstić information content (AvgIpc) is 2.11. The highest BCUT2D eigenvalue weighted by Gasteiger charge is 2.34. The quantitative estimate of drug-likeness (QED) is 0.566. The van der Waals surface area contributed by atoms with Gasteiger partial charge in [0.2, 0.25) is 0 Å². The predicted molar refractivity (Wildman–Crippen MR) is 26.2 cm³/mol. The van der Waals surface area contributed by atoms with Gasteiger partial charge in [0.25, 0.3) is 0 Å². The molecule has 0 saturated carbocycles. The Balaban J connectivity index is 3.05. The molecule has 2 nitrogen and oxygen atoms in total. The van der Waals surface area contributed by atoms with Gasteiger partial charge in [-0.2, -0.15) is 13.2 Å². The molecule has 0 atom stereocenters. The maximum atomic E-state index is 11.8. The van der Waals surface area contributed by atoms with Crippen LogP contribution in [0.4, 0.5) is 13.2 Å². The number of halogens is 3. The molecule has 0 aliphatic rings. The number of alkyl halides is 3. The van der Waals surface area contributed by atoms with Crippen molar-refractivity contribution in [3.05, 3.63) is 17.5 Å². The topological polar surface area (TPSA) is 26.0 Å². The Kier molecular flexibility index (Phi) is 1.42. The van der Waals surface area contributed by atoms with E-state index >= 15 is 0 Å². The van der Waals surface area contributed by atoms with Gasteiger partial charge in [-0.05, 0) is 6.92 Å². The Morgan fingerprint density at radius 2 is 2.10 bits per heavy atom. The van der Waals surface area contributed by atoms with Crippen LogP contribution in [0.1, 0.15) is 11.3 Å². The summed E-state index contributed by atoms with van der Waals surface area (Å²) in [5.41, 5.74) is -0.944. The summed E-state index contributed by atoms with van der Waals surface area (Å²) in [6.45, 7) is 1.24. The standard InChI is InChI=1S/C5H4F3NO/c1-3-4(2-10-9-3)5(6,7)8/h2H,1H3. The van der Waals surface area contributed by atoms with Crippen LogP contribution in [-0.2, 0) is 6.18 Å². The van der Waals surface area contributed by atoms with Crippen LogP contribution in [0.2, 0.25) is 0 Å². The summed E-state index contributed by atoms with van der Waals surface area (Å²) in [4.78, 5) is 0.